The van der Waals surface area contributed by atoms with Gasteiger partial charge in [-0.2, -0.15) is 0 Å². The van der Waals surface area contributed by atoms with E-state index in [0.29, 0.717) is 0 Å². The number of nitrogens with one attached hydrogen (secondary N) is 4. The lowest BCUT2D eigenvalue weighted by molar-refractivity contribution is -0.143. The second-order valence-electron chi connectivity index (χ2n) is 8.92. The zero-order valence-electron chi connectivity index (χ0n) is 21.5. The number of nitrogens with two attached hydrogens (primary N) is 3. The van der Waals surface area contributed by atoms with Crippen molar-refractivity contribution in [2.24, 2.45) is 22.2 Å². The summed E-state index contributed by atoms with van der Waals surface area (Å²) in [5.41, 5.74) is 18.0. The minimum atomic E-state index is -1.71. The number of aliphatic carboxylic acids is 2. The van der Waals surface area contributed by atoms with Gasteiger partial charge in [0.25, 0.3) is 0 Å². The Kier molecular flexibility index (Phi) is 11.8. The molecular weight excluding hydrogens is 528 g/mol. The van der Waals surface area contributed by atoms with Crippen LogP contribution in [0.4, 0.5) is 0 Å². The summed E-state index contributed by atoms with van der Waals surface area (Å²) in [5, 5.41) is 35.8. The molecule has 1 heterocycles. The number of aromatic amines is 1. The number of guanidine groups is 1. The van der Waals surface area contributed by atoms with Crippen LogP contribution >= 0.6 is 0 Å². The summed E-state index contributed by atoms with van der Waals surface area (Å²) in [6, 6.07) is 1.56. The molecule has 4 atom stereocenters. The number of amides is 3. The molecule has 0 radical (unpaired) electrons. The van der Waals surface area contributed by atoms with E-state index in [1.165, 1.54) is 0 Å². The number of carbonyl (C=O) groups is 5. The van der Waals surface area contributed by atoms with Crippen molar-refractivity contribution in [3.63, 3.8) is 0 Å². The molecule has 218 valence electrons. The average Bonchev–Trinajstić information content (AvgIpc) is 3.30. The van der Waals surface area contributed by atoms with Crippen molar-refractivity contribution in [2.75, 3.05) is 13.2 Å². The molecule has 1 aromatic carbocycles. The Morgan fingerprint density at radius 1 is 0.925 bits per heavy atom. The molecule has 0 bridgehead atoms. The predicted molar refractivity (Wildman–Crippen MR) is 143 cm³/mol. The van der Waals surface area contributed by atoms with Crippen LogP contribution in [0.2, 0.25) is 0 Å². The summed E-state index contributed by atoms with van der Waals surface area (Å²) in [5.74, 6) is -6.00. The third-order valence-electron chi connectivity index (χ3n) is 5.84. The third-order valence-corrected chi connectivity index (χ3v) is 5.84. The van der Waals surface area contributed by atoms with Crippen LogP contribution in [0.25, 0.3) is 10.9 Å². The molecule has 0 saturated heterocycles. The van der Waals surface area contributed by atoms with Crippen LogP contribution in [0.5, 0.6) is 0 Å². The van der Waals surface area contributed by atoms with Crippen molar-refractivity contribution in [2.45, 2.75) is 49.9 Å². The summed E-state index contributed by atoms with van der Waals surface area (Å²) in [4.78, 5) is 67.8. The molecular formula is C24H34N8O8. The van der Waals surface area contributed by atoms with E-state index in [1.54, 1.807) is 6.20 Å². The molecule has 2 rings (SSSR count). The van der Waals surface area contributed by atoms with Gasteiger partial charge in [0.2, 0.25) is 17.7 Å². The zero-order valence-corrected chi connectivity index (χ0v) is 21.5. The van der Waals surface area contributed by atoms with Gasteiger partial charge in [0.15, 0.2) is 5.96 Å². The van der Waals surface area contributed by atoms with Gasteiger partial charge in [-0.1, -0.05) is 18.2 Å². The fourth-order valence-electron chi connectivity index (χ4n) is 3.79. The highest BCUT2D eigenvalue weighted by Gasteiger charge is 2.31. The van der Waals surface area contributed by atoms with E-state index < -0.39 is 66.9 Å². The molecule has 2 aromatic rings. The van der Waals surface area contributed by atoms with Crippen molar-refractivity contribution in [1.82, 2.24) is 20.9 Å². The molecule has 16 heteroatoms. The van der Waals surface area contributed by atoms with Gasteiger partial charge in [0.05, 0.1) is 19.1 Å². The summed E-state index contributed by atoms with van der Waals surface area (Å²) in [6.07, 6.45) is 1.01. The quantitative estimate of drug-likeness (QED) is 0.0562. The van der Waals surface area contributed by atoms with Crippen molar-refractivity contribution in [3.05, 3.63) is 36.0 Å². The zero-order chi connectivity index (χ0) is 29.8. The Bertz CT molecular complexity index is 1240. The molecule has 4 unspecified atom stereocenters. The van der Waals surface area contributed by atoms with Crippen molar-refractivity contribution in [1.29, 1.82) is 0 Å². The second kappa shape index (κ2) is 15.0. The van der Waals surface area contributed by atoms with Gasteiger partial charge in [-0.25, -0.2) is 4.79 Å². The molecule has 0 aliphatic rings. The first kappa shape index (κ1) is 31.5. The average molecular weight is 563 g/mol. The number of hydrogen-bond acceptors (Lipinski definition) is 8. The molecule has 1 aromatic heterocycles. The van der Waals surface area contributed by atoms with Gasteiger partial charge in [-0.3, -0.25) is 24.2 Å². The number of aromatic nitrogens is 1. The van der Waals surface area contributed by atoms with Gasteiger partial charge in [0.1, 0.15) is 18.1 Å². The Balaban J connectivity index is 2.02. The van der Waals surface area contributed by atoms with Crippen LogP contribution in [-0.4, -0.2) is 93.2 Å². The maximum absolute atomic E-state index is 12.8. The van der Waals surface area contributed by atoms with E-state index >= 15 is 0 Å². The predicted octanol–water partition coefficient (Wildman–Crippen LogP) is -2.90. The number of carbonyl (C=O) groups excluding carboxylic acids is 3. The smallest absolute Gasteiger partial charge is 0.326 e. The first-order chi connectivity index (χ1) is 18.9. The molecule has 0 spiro atoms. The number of rotatable bonds is 16. The van der Waals surface area contributed by atoms with Crippen molar-refractivity contribution < 1.29 is 39.3 Å². The summed E-state index contributed by atoms with van der Waals surface area (Å²) < 4.78 is 0. The topological polar surface area (TPSA) is 288 Å². The molecule has 0 aliphatic carbocycles. The van der Waals surface area contributed by atoms with Gasteiger partial charge in [0, 0.05) is 23.6 Å². The van der Waals surface area contributed by atoms with Crippen molar-refractivity contribution in [3.8, 4) is 0 Å². The van der Waals surface area contributed by atoms with Crippen LogP contribution in [0.1, 0.15) is 24.8 Å². The fraction of sp³-hybridized carbons (Fsp3) is 0.417. The minimum absolute atomic E-state index is 0.0881. The number of H-pyrrole nitrogens is 1. The largest absolute Gasteiger partial charge is 0.481 e. The highest BCUT2D eigenvalue weighted by molar-refractivity contribution is 5.96. The molecule has 3 amide bonds. The Morgan fingerprint density at radius 3 is 2.17 bits per heavy atom. The Hall–Kier alpha value is -4.70. The number of fused-ring (bicyclic) bond motifs is 1. The number of nitrogens with zero attached hydrogens (tertiary/aromatic N) is 1. The van der Waals surface area contributed by atoms with E-state index in [0.717, 1.165) is 16.5 Å². The number of carboxylic acids is 2. The molecule has 13 N–H and O–H groups in total. The summed E-state index contributed by atoms with van der Waals surface area (Å²) in [7, 11) is 0. The Morgan fingerprint density at radius 2 is 1.55 bits per heavy atom. The van der Waals surface area contributed by atoms with Crippen molar-refractivity contribution >= 4 is 46.5 Å². The normalized spacial score (nSPS) is 13.8. The number of benzene rings is 1. The Labute approximate surface area is 228 Å². The maximum atomic E-state index is 12.8. The molecule has 40 heavy (non-hydrogen) atoms. The second-order valence-corrected chi connectivity index (χ2v) is 8.92. The number of aliphatic hydroxyl groups excluding tert-OH is 1. The monoisotopic (exact) mass is 562 g/mol. The van der Waals surface area contributed by atoms with Gasteiger partial charge >= 0.3 is 11.9 Å². The first-order valence-corrected chi connectivity index (χ1v) is 12.3. The van der Waals surface area contributed by atoms with E-state index in [-0.39, 0.29) is 31.8 Å². The lowest BCUT2D eigenvalue weighted by Gasteiger charge is -2.23. The highest BCUT2D eigenvalue weighted by atomic mass is 16.4. The summed E-state index contributed by atoms with van der Waals surface area (Å²) >= 11 is 0. The number of para-hydroxylation sites is 1. The molecule has 0 saturated carbocycles. The SMILES string of the molecule is NC(N)=NCCCC(NC(=O)C(CC(=O)O)NC(=O)C(CO)NC(=O)C(N)Cc1c[nH]c2ccccc12)C(=O)O. The van der Waals surface area contributed by atoms with Crippen LogP contribution in [-0.2, 0) is 30.4 Å². The van der Waals surface area contributed by atoms with Gasteiger partial charge in [-0.15, -0.1) is 0 Å². The molecule has 0 fully saturated rings. The van der Waals surface area contributed by atoms with Gasteiger partial charge in [-0.05, 0) is 30.9 Å². The van der Waals surface area contributed by atoms with Crippen LogP contribution < -0.4 is 33.2 Å². The van der Waals surface area contributed by atoms with E-state index in [4.69, 9.17) is 17.2 Å². The number of carboxylic acid groups (broad SMARTS) is 2. The van der Waals surface area contributed by atoms with Crippen LogP contribution in [0.3, 0.4) is 0 Å². The maximum Gasteiger partial charge on any atom is 0.326 e. The molecule has 16 nitrogen and oxygen atoms in total. The highest BCUT2D eigenvalue weighted by Crippen LogP contribution is 2.18. The van der Waals surface area contributed by atoms with Crippen LogP contribution in [0, 0.1) is 0 Å². The van der Waals surface area contributed by atoms with E-state index in [9.17, 15) is 39.3 Å². The number of aliphatic hydroxyl groups is 1. The number of hydrogen-bond donors (Lipinski definition) is 10. The standard InChI is InChI=1S/C24H34N8O8/c25-14(8-12-10-29-15-5-2-1-4-13(12)15)20(36)32-18(11-33)22(38)31-17(9-19(34)35)21(37)30-16(23(39)40)6-3-7-28-24(26)27/h1-2,4-5,10,14,16-18,29,33H,3,6-9,11,25H2,(H,30,37)(H,31,38)(H,32,36)(H,34,35)(H,39,40)(H4,26,27,28). The summed E-state index contributed by atoms with van der Waals surface area (Å²) in [6.45, 7) is -0.793. The lowest BCUT2D eigenvalue weighted by Crippen LogP contribution is -2.58. The van der Waals surface area contributed by atoms with E-state index in [2.05, 4.69) is 25.9 Å². The van der Waals surface area contributed by atoms with Gasteiger partial charge < -0.3 is 53.5 Å². The van der Waals surface area contributed by atoms with Crippen LogP contribution in [0.15, 0.2) is 35.5 Å². The molecule has 0 aliphatic heterocycles. The lowest BCUT2D eigenvalue weighted by atomic mass is 10.0. The fourth-order valence-corrected chi connectivity index (χ4v) is 3.79. The minimum Gasteiger partial charge on any atom is -0.481 e. The first-order valence-electron chi connectivity index (χ1n) is 12.3. The number of aliphatic imine (C=N–C) groups is 1. The third kappa shape index (κ3) is 9.55. The van der Waals surface area contributed by atoms with E-state index in [1.807, 2.05) is 24.3 Å².